The molecule has 1 heterocycles. The summed E-state index contributed by atoms with van der Waals surface area (Å²) in [6, 6.07) is 5.90. The Labute approximate surface area is 100 Å². The molecule has 7 nitrogen and oxygen atoms in total. The Bertz CT molecular complexity index is 701. The molecule has 0 fully saturated rings. The van der Waals surface area contributed by atoms with Crippen LogP contribution >= 0.6 is 0 Å². The fraction of sp³-hybridized carbons (Fsp3) is 0.0909. The van der Waals surface area contributed by atoms with Crippen LogP contribution in [-0.4, -0.2) is 6.47 Å². The average molecular weight is 245 g/mol. The Morgan fingerprint density at radius 2 is 2.28 bits per heavy atom. The van der Waals surface area contributed by atoms with Crippen molar-refractivity contribution in [2.24, 2.45) is 5.11 Å². The van der Waals surface area contributed by atoms with Gasteiger partial charge >= 0.3 is 5.63 Å². The SMILES string of the molecule is [N-]=[N+]=Nc1ccc2c(COC=O)cc(=O)oc2c1. The topological polar surface area (TPSA) is 105 Å². The number of carbonyl (C=O) groups is 1. The number of hydrogen-bond donors (Lipinski definition) is 0. The molecule has 0 N–H and O–H groups in total. The highest BCUT2D eigenvalue weighted by Gasteiger charge is 2.06. The first-order valence-corrected chi connectivity index (χ1v) is 4.91. The lowest BCUT2D eigenvalue weighted by Gasteiger charge is -2.04. The minimum Gasteiger partial charge on any atom is -0.463 e. The van der Waals surface area contributed by atoms with E-state index in [9.17, 15) is 9.59 Å². The maximum Gasteiger partial charge on any atom is 0.336 e. The van der Waals surface area contributed by atoms with Crippen molar-refractivity contribution >= 4 is 23.1 Å². The summed E-state index contributed by atoms with van der Waals surface area (Å²) < 4.78 is 9.60. The van der Waals surface area contributed by atoms with Crippen LogP contribution in [0.2, 0.25) is 0 Å². The minimum atomic E-state index is -0.565. The molecular formula is C11H7N3O4. The molecule has 1 aromatic heterocycles. The van der Waals surface area contributed by atoms with Gasteiger partial charge in [0.15, 0.2) is 0 Å². The lowest BCUT2D eigenvalue weighted by molar-refractivity contribution is -0.129. The number of nitrogens with zero attached hydrogens (tertiary/aromatic N) is 3. The number of carbonyl (C=O) groups excluding carboxylic acids is 1. The summed E-state index contributed by atoms with van der Waals surface area (Å²) in [7, 11) is 0. The second-order valence-electron chi connectivity index (χ2n) is 3.37. The fourth-order valence-corrected chi connectivity index (χ4v) is 1.58. The van der Waals surface area contributed by atoms with Crippen LogP contribution in [0.15, 0.2) is 38.6 Å². The number of hydrogen-bond acceptors (Lipinski definition) is 5. The van der Waals surface area contributed by atoms with Crippen LogP contribution in [0.25, 0.3) is 21.4 Å². The standard InChI is InChI=1S/C11H7N3O4/c12-14-13-8-1-2-9-7(5-17-6-15)3-11(16)18-10(9)4-8/h1-4,6H,5H2. The smallest absolute Gasteiger partial charge is 0.336 e. The molecule has 2 rings (SSSR count). The van der Waals surface area contributed by atoms with Crippen molar-refractivity contribution < 1.29 is 13.9 Å². The largest absolute Gasteiger partial charge is 0.463 e. The maximum atomic E-state index is 11.3. The lowest BCUT2D eigenvalue weighted by Crippen LogP contribution is -2.02. The Morgan fingerprint density at radius 3 is 3.00 bits per heavy atom. The average Bonchev–Trinajstić information content (AvgIpc) is 2.35. The van der Waals surface area contributed by atoms with Gasteiger partial charge in [0, 0.05) is 27.6 Å². The van der Waals surface area contributed by atoms with Gasteiger partial charge in [0.25, 0.3) is 6.47 Å². The van der Waals surface area contributed by atoms with Gasteiger partial charge in [-0.05, 0) is 11.6 Å². The van der Waals surface area contributed by atoms with Crippen LogP contribution in [0.4, 0.5) is 5.69 Å². The Kier molecular flexibility index (Phi) is 3.26. The lowest BCUT2D eigenvalue weighted by atomic mass is 10.1. The molecule has 90 valence electrons. The molecule has 0 aliphatic carbocycles. The number of ether oxygens (including phenoxy) is 1. The second kappa shape index (κ2) is 5.03. The highest BCUT2D eigenvalue weighted by Crippen LogP contribution is 2.23. The third-order valence-electron chi connectivity index (χ3n) is 2.28. The second-order valence-corrected chi connectivity index (χ2v) is 3.37. The molecule has 0 atom stereocenters. The van der Waals surface area contributed by atoms with E-state index in [2.05, 4.69) is 14.8 Å². The molecule has 0 aliphatic heterocycles. The third-order valence-corrected chi connectivity index (χ3v) is 2.28. The van der Waals surface area contributed by atoms with Crippen LogP contribution in [0.5, 0.6) is 0 Å². The molecular weight excluding hydrogens is 238 g/mol. The van der Waals surface area contributed by atoms with Gasteiger partial charge in [0.1, 0.15) is 12.2 Å². The molecule has 18 heavy (non-hydrogen) atoms. The maximum absolute atomic E-state index is 11.3. The van der Waals surface area contributed by atoms with Crippen molar-refractivity contribution in [3.63, 3.8) is 0 Å². The predicted molar refractivity (Wildman–Crippen MR) is 62.1 cm³/mol. The number of rotatable bonds is 4. The van der Waals surface area contributed by atoms with E-state index in [4.69, 9.17) is 9.95 Å². The Hall–Kier alpha value is -2.79. The van der Waals surface area contributed by atoms with Crippen molar-refractivity contribution in [2.45, 2.75) is 6.61 Å². The zero-order valence-corrected chi connectivity index (χ0v) is 9.07. The van der Waals surface area contributed by atoms with Crippen LogP contribution in [-0.2, 0) is 16.1 Å². The van der Waals surface area contributed by atoms with Gasteiger partial charge in [-0.3, -0.25) is 4.79 Å². The van der Waals surface area contributed by atoms with E-state index in [0.29, 0.717) is 23.1 Å². The van der Waals surface area contributed by atoms with E-state index in [0.717, 1.165) is 0 Å². The molecule has 0 saturated heterocycles. The van der Waals surface area contributed by atoms with Crippen LogP contribution in [0, 0.1) is 0 Å². The molecule has 0 bridgehead atoms. The molecule has 0 spiro atoms. The summed E-state index contributed by atoms with van der Waals surface area (Å²) >= 11 is 0. The number of fused-ring (bicyclic) bond motifs is 1. The molecule has 1 aromatic carbocycles. The quantitative estimate of drug-likeness (QED) is 0.271. The fourth-order valence-electron chi connectivity index (χ4n) is 1.58. The first-order chi connectivity index (χ1) is 8.74. The van der Waals surface area contributed by atoms with Gasteiger partial charge < -0.3 is 9.15 Å². The van der Waals surface area contributed by atoms with E-state index in [-0.39, 0.29) is 12.2 Å². The Morgan fingerprint density at radius 1 is 1.44 bits per heavy atom. The van der Waals surface area contributed by atoms with Crippen LogP contribution < -0.4 is 5.63 Å². The zero-order chi connectivity index (χ0) is 13.0. The van der Waals surface area contributed by atoms with Gasteiger partial charge in [0.05, 0.1) is 0 Å². The molecule has 2 aromatic rings. The summed E-state index contributed by atoms with van der Waals surface area (Å²) in [4.78, 5) is 24.1. The number of benzene rings is 1. The van der Waals surface area contributed by atoms with E-state index < -0.39 is 5.63 Å². The molecule has 7 heteroatoms. The van der Waals surface area contributed by atoms with Crippen molar-refractivity contribution in [3.8, 4) is 0 Å². The summed E-state index contributed by atoms with van der Waals surface area (Å²) in [6.45, 7) is 0.279. The van der Waals surface area contributed by atoms with Crippen molar-refractivity contribution in [3.05, 3.63) is 50.7 Å². The molecule has 0 aliphatic rings. The first kappa shape index (κ1) is 11.7. The summed E-state index contributed by atoms with van der Waals surface area (Å²) in [5.41, 5.74) is 8.90. The molecule has 0 amide bonds. The van der Waals surface area contributed by atoms with E-state index in [1.165, 1.54) is 12.1 Å². The summed E-state index contributed by atoms with van der Waals surface area (Å²) in [6.07, 6.45) is 0. The molecule has 0 saturated carbocycles. The van der Waals surface area contributed by atoms with E-state index in [1.807, 2.05) is 0 Å². The molecule has 0 unspecified atom stereocenters. The monoisotopic (exact) mass is 245 g/mol. The summed E-state index contributed by atoms with van der Waals surface area (Å²) in [5, 5.41) is 4.03. The van der Waals surface area contributed by atoms with Gasteiger partial charge in [-0.15, -0.1) is 0 Å². The van der Waals surface area contributed by atoms with Gasteiger partial charge in [-0.1, -0.05) is 17.2 Å². The normalized spacial score (nSPS) is 9.78. The van der Waals surface area contributed by atoms with Crippen molar-refractivity contribution in [1.82, 2.24) is 0 Å². The first-order valence-electron chi connectivity index (χ1n) is 4.91. The highest BCUT2D eigenvalue weighted by molar-refractivity contribution is 5.82. The van der Waals surface area contributed by atoms with Gasteiger partial charge in [-0.25, -0.2) is 4.79 Å². The number of azide groups is 1. The van der Waals surface area contributed by atoms with Gasteiger partial charge in [0.2, 0.25) is 0 Å². The molecule has 0 radical (unpaired) electrons. The third kappa shape index (κ3) is 2.31. The zero-order valence-electron chi connectivity index (χ0n) is 9.07. The van der Waals surface area contributed by atoms with Crippen molar-refractivity contribution in [1.29, 1.82) is 0 Å². The van der Waals surface area contributed by atoms with E-state index in [1.54, 1.807) is 12.1 Å². The minimum absolute atomic E-state index is 0.0214. The predicted octanol–water partition coefficient (Wildman–Crippen LogP) is 2.41. The van der Waals surface area contributed by atoms with Crippen LogP contribution in [0.1, 0.15) is 5.56 Å². The highest BCUT2D eigenvalue weighted by atomic mass is 16.5. The van der Waals surface area contributed by atoms with E-state index >= 15 is 0 Å². The Balaban J connectivity index is 2.62. The van der Waals surface area contributed by atoms with Gasteiger partial charge in [-0.2, -0.15) is 0 Å². The van der Waals surface area contributed by atoms with Crippen LogP contribution in [0.3, 0.4) is 0 Å². The van der Waals surface area contributed by atoms with Crippen molar-refractivity contribution in [2.75, 3.05) is 0 Å². The summed E-state index contributed by atoms with van der Waals surface area (Å²) in [5.74, 6) is 0.